The second kappa shape index (κ2) is 5.86. The third kappa shape index (κ3) is 2.44. The Bertz CT molecular complexity index is 1020. The van der Waals surface area contributed by atoms with E-state index in [1.54, 1.807) is 0 Å². The summed E-state index contributed by atoms with van der Waals surface area (Å²) < 4.78 is 1.97. The molecular weight excluding hydrogens is 290 g/mol. The van der Waals surface area contributed by atoms with Crippen LogP contribution in [0.15, 0.2) is 85.1 Å². The molecular formula is C23H19N. The van der Waals surface area contributed by atoms with E-state index in [1.165, 1.54) is 33.0 Å². The molecule has 0 N–H and O–H groups in total. The number of hydrogen-bond donors (Lipinski definition) is 0. The Morgan fingerprint density at radius 2 is 1.50 bits per heavy atom. The fourth-order valence-corrected chi connectivity index (χ4v) is 3.24. The van der Waals surface area contributed by atoms with Crippen molar-refractivity contribution in [2.75, 3.05) is 0 Å². The third-order valence-electron chi connectivity index (χ3n) is 4.54. The van der Waals surface area contributed by atoms with Crippen molar-refractivity contribution in [3.05, 3.63) is 97.7 Å². The van der Waals surface area contributed by atoms with Gasteiger partial charge in [-0.1, -0.05) is 72.8 Å². The fourth-order valence-electron chi connectivity index (χ4n) is 3.24. The van der Waals surface area contributed by atoms with Crippen LogP contribution in [0.3, 0.4) is 0 Å². The quantitative estimate of drug-likeness (QED) is 0.344. The molecule has 0 aliphatic heterocycles. The molecule has 0 amide bonds. The predicted molar refractivity (Wildman–Crippen MR) is 101 cm³/mol. The molecule has 4 rings (SSSR count). The molecule has 0 spiro atoms. The molecule has 0 atom stereocenters. The minimum Gasteiger partial charge on any atom is -0.332 e. The van der Waals surface area contributed by atoms with Crippen LogP contribution in [0.4, 0.5) is 0 Å². The van der Waals surface area contributed by atoms with Crippen molar-refractivity contribution in [3.63, 3.8) is 0 Å². The minimum atomic E-state index is 1.16. The zero-order valence-electron chi connectivity index (χ0n) is 13.7. The van der Waals surface area contributed by atoms with Crippen LogP contribution in [0.2, 0.25) is 0 Å². The molecule has 1 aromatic heterocycles. The molecule has 0 radical (unpaired) electrons. The Morgan fingerprint density at radius 1 is 0.750 bits per heavy atom. The van der Waals surface area contributed by atoms with E-state index in [-0.39, 0.29) is 0 Å². The summed E-state index contributed by atoms with van der Waals surface area (Å²) in [5, 5.41) is 2.46. The van der Waals surface area contributed by atoms with Crippen LogP contribution in [0.5, 0.6) is 0 Å². The van der Waals surface area contributed by atoms with Gasteiger partial charge in [-0.25, -0.2) is 0 Å². The molecule has 24 heavy (non-hydrogen) atoms. The summed E-state index contributed by atoms with van der Waals surface area (Å²) in [5.41, 5.74) is 6.09. The van der Waals surface area contributed by atoms with Crippen molar-refractivity contribution in [1.82, 2.24) is 0 Å². The van der Waals surface area contributed by atoms with E-state index in [4.69, 9.17) is 0 Å². The first-order valence-electron chi connectivity index (χ1n) is 8.15. The maximum atomic E-state index is 4.21. The maximum Gasteiger partial charge on any atom is 0.120 e. The van der Waals surface area contributed by atoms with E-state index in [0.717, 1.165) is 5.69 Å². The number of hydrogen-bond acceptors (Lipinski definition) is 0. The number of nitrogens with zero attached hydrogens (tertiary/aromatic N) is 1. The first kappa shape index (κ1) is 14.5. The Morgan fingerprint density at radius 3 is 2.33 bits per heavy atom. The summed E-state index contributed by atoms with van der Waals surface area (Å²) in [5.74, 6) is 0. The summed E-state index contributed by atoms with van der Waals surface area (Å²) in [6.07, 6.45) is 2.03. The van der Waals surface area contributed by atoms with Crippen molar-refractivity contribution in [1.29, 1.82) is 0 Å². The molecule has 3 aromatic carbocycles. The summed E-state index contributed by atoms with van der Waals surface area (Å²) in [4.78, 5) is 0. The number of rotatable bonds is 2. The molecule has 0 aliphatic carbocycles. The van der Waals surface area contributed by atoms with Crippen LogP contribution in [0, 0.1) is 14.0 Å². The van der Waals surface area contributed by atoms with Gasteiger partial charge in [0.1, 0.15) is 5.69 Å². The monoisotopic (exact) mass is 309 g/mol. The Kier molecular flexibility index (Phi) is 3.55. The van der Waals surface area contributed by atoms with E-state index >= 15 is 0 Å². The molecule has 1 nitrogen and oxygen atoms in total. The van der Waals surface area contributed by atoms with Gasteiger partial charge in [0.2, 0.25) is 0 Å². The van der Waals surface area contributed by atoms with Crippen LogP contribution in [-0.4, -0.2) is 0 Å². The lowest BCUT2D eigenvalue weighted by molar-refractivity contribution is -0.599. The summed E-state index contributed by atoms with van der Waals surface area (Å²) in [6.45, 7) is 2.16. The van der Waals surface area contributed by atoms with Crippen LogP contribution in [-0.2, 0) is 0 Å². The summed E-state index contributed by atoms with van der Waals surface area (Å²) in [6, 6.07) is 27.7. The molecule has 0 saturated carbocycles. The Balaban J connectivity index is 1.99. The van der Waals surface area contributed by atoms with Crippen LogP contribution >= 0.6 is 0 Å². The average Bonchev–Trinajstić information content (AvgIpc) is 2.63. The highest BCUT2D eigenvalue weighted by Gasteiger charge is 2.11. The van der Waals surface area contributed by atoms with Gasteiger partial charge in [-0.05, 0) is 46.0 Å². The van der Waals surface area contributed by atoms with Gasteiger partial charge in [-0.2, -0.15) is 0 Å². The fraction of sp³-hybridized carbons (Fsp3) is 0.0435. The third-order valence-corrected chi connectivity index (χ3v) is 4.54. The van der Waals surface area contributed by atoms with Crippen LogP contribution < -0.4 is 4.57 Å². The van der Waals surface area contributed by atoms with Gasteiger partial charge in [-0.3, -0.25) is 0 Å². The van der Waals surface area contributed by atoms with Crippen molar-refractivity contribution in [2.45, 2.75) is 6.92 Å². The lowest BCUT2D eigenvalue weighted by Crippen LogP contribution is -2.28. The molecule has 1 heteroatoms. The largest absolute Gasteiger partial charge is 0.332 e. The van der Waals surface area contributed by atoms with Gasteiger partial charge in [0, 0.05) is 7.05 Å². The Labute approximate surface area is 142 Å². The molecule has 0 unspecified atom stereocenters. The van der Waals surface area contributed by atoms with Crippen LogP contribution in [0.1, 0.15) is 5.56 Å². The second-order valence-corrected chi connectivity index (χ2v) is 6.12. The maximum absolute atomic E-state index is 4.21. The SMILES string of the molecule is [CH2-][n+]1ccc2ccccc2c1-c1cc(-c2ccccc2)ccc1C. The van der Waals surface area contributed by atoms with E-state index in [2.05, 4.69) is 86.8 Å². The zero-order valence-corrected chi connectivity index (χ0v) is 13.7. The topological polar surface area (TPSA) is 3.88 Å². The van der Waals surface area contributed by atoms with E-state index < -0.39 is 0 Å². The summed E-state index contributed by atoms with van der Waals surface area (Å²) in [7, 11) is 4.21. The number of fused-ring (bicyclic) bond motifs is 1. The predicted octanol–water partition coefficient (Wildman–Crippen LogP) is 5.41. The van der Waals surface area contributed by atoms with E-state index in [0.29, 0.717) is 0 Å². The smallest absolute Gasteiger partial charge is 0.120 e. The zero-order chi connectivity index (χ0) is 16.5. The first-order chi connectivity index (χ1) is 11.7. The Hall–Kier alpha value is -3.06. The van der Waals surface area contributed by atoms with E-state index in [1.807, 2.05) is 16.8 Å². The van der Waals surface area contributed by atoms with Crippen LogP contribution in [0.25, 0.3) is 33.2 Å². The van der Waals surface area contributed by atoms with Gasteiger partial charge < -0.3 is 4.57 Å². The first-order valence-corrected chi connectivity index (χ1v) is 8.15. The van der Waals surface area contributed by atoms with Gasteiger partial charge in [-0.15, -0.1) is 0 Å². The van der Waals surface area contributed by atoms with Crippen molar-refractivity contribution in [3.8, 4) is 22.4 Å². The molecule has 0 bridgehead atoms. The lowest BCUT2D eigenvalue weighted by Gasteiger charge is -2.15. The summed E-state index contributed by atoms with van der Waals surface area (Å²) >= 11 is 0. The van der Waals surface area contributed by atoms with E-state index in [9.17, 15) is 0 Å². The number of aryl methyl sites for hydroxylation is 1. The number of aromatic nitrogens is 1. The van der Waals surface area contributed by atoms with Gasteiger partial charge in [0.15, 0.2) is 0 Å². The average molecular weight is 309 g/mol. The molecule has 0 fully saturated rings. The lowest BCUT2D eigenvalue weighted by atomic mass is 9.95. The highest BCUT2D eigenvalue weighted by molar-refractivity contribution is 5.94. The van der Waals surface area contributed by atoms with Crippen molar-refractivity contribution >= 4 is 10.8 Å². The molecule has 0 aliphatic rings. The second-order valence-electron chi connectivity index (χ2n) is 6.12. The highest BCUT2D eigenvalue weighted by Crippen LogP contribution is 2.31. The van der Waals surface area contributed by atoms with Gasteiger partial charge in [0.05, 0.1) is 6.20 Å². The molecule has 4 aromatic rings. The normalized spacial score (nSPS) is 10.9. The van der Waals surface area contributed by atoms with Gasteiger partial charge >= 0.3 is 0 Å². The minimum absolute atomic E-state index is 1.16. The number of pyridine rings is 1. The standard InChI is InChI=1S/C23H19N/c1-17-12-13-20(18-8-4-3-5-9-18)16-22(17)23-21-11-7-6-10-19(21)14-15-24(23)2/h3-16H,2H2,1H3. The molecule has 1 heterocycles. The molecule has 0 saturated heterocycles. The van der Waals surface area contributed by atoms with Gasteiger partial charge in [0.25, 0.3) is 0 Å². The highest BCUT2D eigenvalue weighted by atomic mass is 14.9. The van der Waals surface area contributed by atoms with Crippen molar-refractivity contribution in [2.24, 2.45) is 0 Å². The number of benzene rings is 3. The van der Waals surface area contributed by atoms with Crippen molar-refractivity contribution < 1.29 is 4.57 Å². The molecule has 116 valence electrons.